The van der Waals surface area contributed by atoms with Gasteiger partial charge in [0.05, 0.1) is 0 Å². The van der Waals surface area contributed by atoms with Crippen molar-refractivity contribution in [3.05, 3.63) is 0 Å². The Kier molecular flexibility index (Phi) is 5.25. The van der Waals surface area contributed by atoms with Crippen molar-refractivity contribution >= 4 is 6.03 Å². The minimum atomic E-state index is -0.120. The number of carbonyl (C=O) groups excluding carboxylic acids is 1. The monoisotopic (exact) mass is 242 g/mol. The third-order valence-corrected chi connectivity index (χ3v) is 3.99. The number of nitrogens with one attached hydrogen (secondary N) is 2. The van der Waals surface area contributed by atoms with E-state index in [1.54, 1.807) is 0 Å². The number of hydrogen-bond acceptors (Lipinski definition) is 2. The molecular formula is C13H26N2O2. The van der Waals surface area contributed by atoms with E-state index in [9.17, 15) is 4.79 Å². The van der Waals surface area contributed by atoms with Gasteiger partial charge in [-0.3, -0.25) is 0 Å². The quantitative estimate of drug-likeness (QED) is 0.689. The van der Waals surface area contributed by atoms with Crippen molar-refractivity contribution in [2.24, 2.45) is 11.3 Å². The molecule has 4 nitrogen and oxygen atoms in total. The summed E-state index contributed by atoms with van der Waals surface area (Å²) in [5, 5.41) is 14.8. The Bertz CT molecular complexity index is 250. The molecule has 0 spiro atoms. The average molecular weight is 242 g/mol. The Morgan fingerprint density at radius 3 is 2.47 bits per heavy atom. The van der Waals surface area contributed by atoms with Gasteiger partial charge in [0.1, 0.15) is 0 Å². The molecule has 0 bridgehead atoms. The summed E-state index contributed by atoms with van der Waals surface area (Å²) in [7, 11) is 0. The molecule has 1 rings (SSSR count). The fourth-order valence-corrected chi connectivity index (χ4v) is 2.26. The molecule has 1 saturated carbocycles. The summed E-state index contributed by atoms with van der Waals surface area (Å²) >= 11 is 0. The van der Waals surface area contributed by atoms with Gasteiger partial charge in [0, 0.05) is 19.2 Å². The molecule has 1 fully saturated rings. The molecule has 0 aromatic heterocycles. The maximum Gasteiger partial charge on any atom is 0.315 e. The molecule has 0 saturated heterocycles. The standard InChI is InChI=1S/C13H26N2O2/c1-10(8-16)11(2)15-12(17)14-9-13(3)6-4-5-7-13/h10-11,16H,4-9H2,1-3H3,(H2,14,15,17). The maximum atomic E-state index is 11.7. The first-order valence-corrected chi connectivity index (χ1v) is 6.62. The SMILES string of the molecule is CC(CO)C(C)NC(=O)NCC1(C)CCCC1. The number of amides is 2. The molecule has 2 amide bonds. The summed E-state index contributed by atoms with van der Waals surface area (Å²) in [6.07, 6.45) is 4.96. The lowest BCUT2D eigenvalue weighted by molar-refractivity contribution is 0.197. The van der Waals surface area contributed by atoms with Crippen molar-refractivity contribution in [1.29, 1.82) is 0 Å². The highest BCUT2D eigenvalue weighted by Gasteiger charge is 2.29. The molecule has 4 heteroatoms. The van der Waals surface area contributed by atoms with Gasteiger partial charge in [-0.25, -0.2) is 4.79 Å². The van der Waals surface area contributed by atoms with Crippen LogP contribution in [-0.2, 0) is 0 Å². The van der Waals surface area contributed by atoms with Crippen molar-refractivity contribution < 1.29 is 9.90 Å². The second kappa shape index (κ2) is 6.24. The highest BCUT2D eigenvalue weighted by Crippen LogP contribution is 2.36. The molecule has 3 N–H and O–H groups in total. The van der Waals surface area contributed by atoms with E-state index >= 15 is 0 Å². The van der Waals surface area contributed by atoms with Crippen LogP contribution in [0.5, 0.6) is 0 Å². The van der Waals surface area contributed by atoms with E-state index in [2.05, 4.69) is 17.6 Å². The lowest BCUT2D eigenvalue weighted by atomic mass is 9.89. The predicted octanol–water partition coefficient (Wildman–Crippen LogP) is 1.88. The van der Waals surface area contributed by atoms with Crippen LogP contribution in [0.2, 0.25) is 0 Å². The van der Waals surface area contributed by atoms with E-state index in [0.717, 1.165) is 6.54 Å². The van der Waals surface area contributed by atoms with Crippen LogP contribution in [0.15, 0.2) is 0 Å². The zero-order chi connectivity index (χ0) is 12.9. The largest absolute Gasteiger partial charge is 0.396 e. The zero-order valence-electron chi connectivity index (χ0n) is 11.3. The second-order valence-corrected chi connectivity index (χ2v) is 5.79. The number of urea groups is 1. The molecule has 0 aliphatic heterocycles. The van der Waals surface area contributed by atoms with Gasteiger partial charge in [-0.2, -0.15) is 0 Å². The summed E-state index contributed by atoms with van der Waals surface area (Å²) < 4.78 is 0. The Labute approximate surface area is 104 Å². The summed E-state index contributed by atoms with van der Waals surface area (Å²) in [4.78, 5) is 11.7. The average Bonchev–Trinajstić information content (AvgIpc) is 2.73. The van der Waals surface area contributed by atoms with Gasteiger partial charge < -0.3 is 15.7 Å². The van der Waals surface area contributed by atoms with E-state index < -0.39 is 0 Å². The van der Waals surface area contributed by atoms with Gasteiger partial charge in [0.2, 0.25) is 0 Å². The molecule has 0 radical (unpaired) electrons. The van der Waals surface area contributed by atoms with Crippen LogP contribution < -0.4 is 10.6 Å². The van der Waals surface area contributed by atoms with Crippen molar-refractivity contribution in [3.63, 3.8) is 0 Å². The van der Waals surface area contributed by atoms with E-state index in [-0.39, 0.29) is 30.0 Å². The fraction of sp³-hybridized carbons (Fsp3) is 0.923. The lowest BCUT2D eigenvalue weighted by Gasteiger charge is -2.25. The normalized spacial score (nSPS) is 21.9. The molecule has 2 unspecified atom stereocenters. The molecule has 1 aliphatic rings. The van der Waals surface area contributed by atoms with Gasteiger partial charge in [0.15, 0.2) is 0 Å². The molecule has 1 aliphatic carbocycles. The van der Waals surface area contributed by atoms with Crippen LogP contribution in [0.25, 0.3) is 0 Å². The van der Waals surface area contributed by atoms with Crippen LogP contribution in [0, 0.1) is 11.3 Å². The summed E-state index contributed by atoms with van der Waals surface area (Å²) in [6, 6.07) is -0.123. The second-order valence-electron chi connectivity index (χ2n) is 5.79. The third-order valence-electron chi connectivity index (χ3n) is 3.99. The number of carbonyl (C=O) groups is 1. The van der Waals surface area contributed by atoms with Gasteiger partial charge in [-0.05, 0) is 31.1 Å². The smallest absolute Gasteiger partial charge is 0.315 e. The van der Waals surface area contributed by atoms with Crippen LogP contribution >= 0.6 is 0 Å². The fourth-order valence-electron chi connectivity index (χ4n) is 2.26. The molecule has 2 atom stereocenters. The van der Waals surface area contributed by atoms with Gasteiger partial charge in [-0.1, -0.05) is 26.7 Å². The van der Waals surface area contributed by atoms with E-state index in [1.807, 2.05) is 13.8 Å². The minimum Gasteiger partial charge on any atom is -0.396 e. The molecular weight excluding hydrogens is 216 g/mol. The van der Waals surface area contributed by atoms with Gasteiger partial charge in [0.25, 0.3) is 0 Å². The summed E-state index contributed by atoms with van der Waals surface area (Å²) in [5.74, 6) is 0.0859. The first kappa shape index (κ1) is 14.3. The molecule has 17 heavy (non-hydrogen) atoms. The highest BCUT2D eigenvalue weighted by atomic mass is 16.3. The van der Waals surface area contributed by atoms with Crippen LogP contribution in [0.1, 0.15) is 46.5 Å². The molecule has 0 aromatic carbocycles. The Morgan fingerprint density at radius 2 is 1.94 bits per heavy atom. The first-order valence-electron chi connectivity index (χ1n) is 6.62. The first-order chi connectivity index (χ1) is 7.97. The van der Waals surface area contributed by atoms with Crippen LogP contribution in [0.4, 0.5) is 4.79 Å². The van der Waals surface area contributed by atoms with Gasteiger partial charge in [-0.15, -0.1) is 0 Å². The summed E-state index contributed by atoms with van der Waals surface area (Å²) in [6.45, 7) is 6.92. The molecule has 0 heterocycles. The minimum absolute atomic E-state index is 0.00335. The van der Waals surface area contributed by atoms with E-state index in [0.29, 0.717) is 0 Å². The van der Waals surface area contributed by atoms with Crippen LogP contribution in [0.3, 0.4) is 0 Å². The number of hydrogen-bond donors (Lipinski definition) is 3. The number of aliphatic hydroxyl groups is 1. The Balaban J connectivity index is 2.25. The maximum absolute atomic E-state index is 11.7. The van der Waals surface area contributed by atoms with Gasteiger partial charge >= 0.3 is 6.03 Å². The van der Waals surface area contributed by atoms with Crippen molar-refractivity contribution in [1.82, 2.24) is 10.6 Å². The Hall–Kier alpha value is -0.770. The molecule has 100 valence electrons. The van der Waals surface area contributed by atoms with E-state index in [4.69, 9.17) is 5.11 Å². The van der Waals surface area contributed by atoms with Crippen molar-refractivity contribution in [2.75, 3.05) is 13.2 Å². The number of rotatable bonds is 5. The van der Waals surface area contributed by atoms with Crippen LogP contribution in [-0.4, -0.2) is 30.3 Å². The van der Waals surface area contributed by atoms with Crippen molar-refractivity contribution in [2.45, 2.75) is 52.5 Å². The molecule has 0 aromatic rings. The number of aliphatic hydroxyl groups excluding tert-OH is 1. The highest BCUT2D eigenvalue weighted by molar-refractivity contribution is 5.74. The topological polar surface area (TPSA) is 61.4 Å². The lowest BCUT2D eigenvalue weighted by Crippen LogP contribution is -2.46. The predicted molar refractivity (Wildman–Crippen MR) is 68.8 cm³/mol. The summed E-state index contributed by atoms with van der Waals surface area (Å²) in [5.41, 5.74) is 0.281. The Morgan fingerprint density at radius 1 is 1.35 bits per heavy atom. The zero-order valence-corrected chi connectivity index (χ0v) is 11.3. The third kappa shape index (κ3) is 4.54. The van der Waals surface area contributed by atoms with Crippen molar-refractivity contribution in [3.8, 4) is 0 Å². The van der Waals surface area contributed by atoms with E-state index in [1.165, 1.54) is 25.7 Å².